The summed E-state index contributed by atoms with van der Waals surface area (Å²) in [7, 11) is 0. The highest BCUT2D eigenvalue weighted by molar-refractivity contribution is 6.31. The number of rotatable bonds is 5. The molecule has 0 bridgehead atoms. The standard InChI is InChI=1S/C20H19ClN4O/c1-3-14-7-9-15(10-8-14)23-19(26)18-11-12-22-20(25-18)24-17-6-4-5-16(21)13(17)2/h4-12H,3H2,1-2H3,(H,23,26)(H,22,24,25). The maximum Gasteiger partial charge on any atom is 0.274 e. The van der Waals surface area contributed by atoms with Crippen LogP contribution in [0.25, 0.3) is 0 Å². The molecule has 2 N–H and O–H groups in total. The van der Waals surface area contributed by atoms with Gasteiger partial charge in [-0.25, -0.2) is 9.97 Å². The topological polar surface area (TPSA) is 66.9 Å². The third-order valence-electron chi connectivity index (χ3n) is 4.02. The second-order valence-corrected chi connectivity index (χ2v) is 6.21. The summed E-state index contributed by atoms with van der Waals surface area (Å²) in [6.07, 6.45) is 2.50. The monoisotopic (exact) mass is 366 g/mol. The molecule has 0 atom stereocenters. The number of benzene rings is 2. The van der Waals surface area contributed by atoms with Gasteiger partial charge in [0.25, 0.3) is 5.91 Å². The molecule has 0 aliphatic heterocycles. The van der Waals surface area contributed by atoms with E-state index in [-0.39, 0.29) is 11.6 Å². The van der Waals surface area contributed by atoms with Crippen molar-refractivity contribution in [3.05, 3.63) is 76.6 Å². The number of aromatic nitrogens is 2. The smallest absolute Gasteiger partial charge is 0.274 e. The molecule has 3 aromatic rings. The van der Waals surface area contributed by atoms with Crippen molar-refractivity contribution in [1.82, 2.24) is 9.97 Å². The normalized spacial score (nSPS) is 10.4. The van der Waals surface area contributed by atoms with Gasteiger partial charge >= 0.3 is 0 Å². The van der Waals surface area contributed by atoms with Gasteiger partial charge in [-0.3, -0.25) is 4.79 Å². The van der Waals surface area contributed by atoms with Crippen LogP contribution in [0, 0.1) is 6.92 Å². The van der Waals surface area contributed by atoms with Crippen LogP contribution in [-0.2, 0) is 6.42 Å². The van der Waals surface area contributed by atoms with Crippen LogP contribution in [0.15, 0.2) is 54.7 Å². The Labute approximate surface area is 157 Å². The number of carbonyl (C=O) groups excluding carboxylic acids is 1. The fourth-order valence-corrected chi connectivity index (χ4v) is 2.60. The molecule has 0 aliphatic rings. The van der Waals surface area contributed by atoms with Crippen molar-refractivity contribution >= 4 is 34.8 Å². The molecule has 1 amide bonds. The molecular weight excluding hydrogens is 348 g/mol. The van der Waals surface area contributed by atoms with Crippen LogP contribution in [0.2, 0.25) is 5.02 Å². The second kappa shape index (κ2) is 7.97. The molecule has 132 valence electrons. The average Bonchev–Trinajstić information content (AvgIpc) is 2.66. The molecule has 0 saturated carbocycles. The van der Waals surface area contributed by atoms with Gasteiger partial charge in [-0.15, -0.1) is 0 Å². The zero-order valence-corrected chi connectivity index (χ0v) is 15.3. The van der Waals surface area contributed by atoms with Crippen molar-refractivity contribution in [2.45, 2.75) is 20.3 Å². The molecule has 1 heterocycles. The Kier molecular flexibility index (Phi) is 5.49. The third-order valence-corrected chi connectivity index (χ3v) is 4.43. The number of carbonyl (C=O) groups is 1. The molecule has 2 aromatic carbocycles. The fraction of sp³-hybridized carbons (Fsp3) is 0.150. The molecule has 1 aromatic heterocycles. The lowest BCUT2D eigenvalue weighted by atomic mass is 10.1. The van der Waals surface area contributed by atoms with Crippen LogP contribution in [0.5, 0.6) is 0 Å². The van der Waals surface area contributed by atoms with Crippen LogP contribution in [0.3, 0.4) is 0 Å². The summed E-state index contributed by atoms with van der Waals surface area (Å²) in [5, 5.41) is 6.60. The van der Waals surface area contributed by atoms with E-state index in [9.17, 15) is 4.79 Å². The Morgan fingerprint density at radius 2 is 1.88 bits per heavy atom. The zero-order chi connectivity index (χ0) is 18.5. The minimum Gasteiger partial charge on any atom is -0.324 e. The lowest BCUT2D eigenvalue weighted by Gasteiger charge is -2.10. The summed E-state index contributed by atoms with van der Waals surface area (Å²) < 4.78 is 0. The van der Waals surface area contributed by atoms with Gasteiger partial charge in [0, 0.05) is 22.6 Å². The third kappa shape index (κ3) is 4.18. The van der Waals surface area contributed by atoms with Gasteiger partial charge in [-0.05, 0) is 54.8 Å². The van der Waals surface area contributed by atoms with E-state index in [4.69, 9.17) is 11.6 Å². The molecule has 0 aliphatic carbocycles. The molecule has 0 saturated heterocycles. The summed E-state index contributed by atoms with van der Waals surface area (Å²) in [5.41, 5.74) is 3.91. The van der Waals surface area contributed by atoms with E-state index in [2.05, 4.69) is 27.5 Å². The Morgan fingerprint density at radius 3 is 2.62 bits per heavy atom. The summed E-state index contributed by atoms with van der Waals surface area (Å²) in [6, 6.07) is 14.9. The predicted molar refractivity (Wildman–Crippen MR) is 105 cm³/mol. The summed E-state index contributed by atoms with van der Waals surface area (Å²) >= 11 is 6.13. The summed E-state index contributed by atoms with van der Waals surface area (Å²) in [6.45, 7) is 3.99. The predicted octanol–water partition coefficient (Wildman–Crippen LogP) is 5.00. The average molecular weight is 367 g/mol. The van der Waals surface area contributed by atoms with Gasteiger partial charge in [0.15, 0.2) is 0 Å². The van der Waals surface area contributed by atoms with Gasteiger partial charge in [0.1, 0.15) is 5.69 Å². The van der Waals surface area contributed by atoms with Gasteiger partial charge in [0.2, 0.25) is 5.95 Å². The van der Waals surface area contributed by atoms with Crippen LogP contribution in [0.4, 0.5) is 17.3 Å². The Hall–Kier alpha value is -2.92. The van der Waals surface area contributed by atoms with Crippen molar-refractivity contribution < 1.29 is 4.79 Å². The van der Waals surface area contributed by atoms with Crippen molar-refractivity contribution in [3.8, 4) is 0 Å². The second-order valence-electron chi connectivity index (χ2n) is 5.81. The molecule has 5 nitrogen and oxygen atoms in total. The molecule has 0 radical (unpaired) electrons. The number of hydrogen-bond donors (Lipinski definition) is 2. The molecule has 0 unspecified atom stereocenters. The van der Waals surface area contributed by atoms with E-state index >= 15 is 0 Å². The first-order valence-corrected chi connectivity index (χ1v) is 8.70. The Morgan fingerprint density at radius 1 is 1.12 bits per heavy atom. The molecule has 6 heteroatoms. The number of hydrogen-bond acceptors (Lipinski definition) is 4. The molecule has 26 heavy (non-hydrogen) atoms. The van der Waals surface area contributed by atoms with Crippen molar-refractivity contribution in [3.63, 3.8) is 0 Å². The number of aryl methyl sites for hydroxylation is 1. The van der Waals surface area contributed by atoms with Crippen LogP contribution >= 0.6 is 11.6 Å². The minimum atomic E-state index is -0.289. The number of nitrogens with zero attached hydrogens (tertiary/aromatic N) is 2. The highest BCUT2D eigenvalue weighted by atomic mass is 35.5. The molecular formula is C20H19ClN4O. The lowest BCUT2D eigenvalue weighted by Crippen LogP contribution is -2.14. The van der Waals surface area contributed by atoms with Gasteiger partial charge in [0.05, 0.1) is 0 Å². The van der Waals surface area contributed by atoms with E-state index in [0.29, 0.717) is 11.0 Å². The van der Waals surface area contributed by atoms with Crippen molar-refractivity contribution in [2.75, 3.05) is 10.6 Å². The number of anilines is 3. The van der Waals surface area contributed by atoms with Crippen molar-refractivity contribution in [2.24, 2.45) is 0 Å². The van der Waals surface area contributed by atoms with Gasteiger partial charge in [-0.1, -0.05) is 36.7 Å². The quantitative estimate of drug-likeness (QED) is 0.667. The Balaban J connectivity index is 1.75. The van der Waals surface area contributed by atoms with E-state index in [1.54, 1.807) is 12.3 Å². The summed E-state index contributed by atoms with van der Waals surface area (Å²) in [5.74, 6) is 0.0480. The SMILES string of the molecule is CCc1ccc(NC(=O)c2ccnc(Nc3cccc(Cl)c3C)n2)cc1. The van der Waals surface area contributed by atoms with Crippen LogP contribution < -0.4 is 10.6 Å². The zero-order valence-electron chi connectivity index (χ0n) is 14.6. The first-order chi connectivity index (χ1) is 12.6. The number of nitrogens with one attached hydrogen (secondary N) is 2. The van der Waals surface area contributed by atoms with Gasteiger partial charge in [-0.2, -0.15) is 0 Å². The van der Waals surface area contributed by atoms with Crippen LogP contribution in [-0.4, -0.2) is 15.9 Å². The van der Waals surface area contributed by atoms with E-state index in [0.717, 1.165) is 23.4 Å². The maximum absolute atomic E-state index is 12.4. The first kappa shape index (κ1) is 17.9. The van der Waals surface area contributed by atoms with E-state index in [1.165, 1.54) is 5.56 Å². The van der Waals surface area contributed by atoms with Crippen LogP contribution in [0.1, 0.15) is 28.5 Å². The highest BCUT2D eigenvalue weighted by Gasteiger charge is 2.10. The maximum atomic E-state index is 12.4. The summed E-state index contributed by atoms with van der Waals surface area (Å²) in [4.78, 5) is 20.9. The van der Waals surface area contributed by atoms with E-state index in [1.807, 2.05) is 49.4 Å². The van der Waals surface area contributed by atoms with E-state index < -0.39 is 0 Å². The minimum absolute atomic E-state index is 0.279. The molecule has 3 rings (SSSR count). The molecule has 0 spiro atoms. The Bertz CT molecular complexity index is 925. The number of halogens is 1. The van der Waals surface area contributed by atoms with Crippen molar-refractivity contribution in [1.29, 1.82) is 0 Å². The van der Waals surface area contributed by atoms with Gasteiger partial charge < -0.3 is 10.6 Å². The lowest BCUT2D eigenvalue weighted by molar-refractivity contribution is 0.102. The highest BCUT2D eigenvalue weighted by Crippen LogP contribution is 2.24. The fourth-order valence-electron chi connectivity index (χ4n) is 2.43. The molecule has 0 fully saturated rings. The first-order valence-electron chi connectivity index (χ1n) is 8.32. The number of amides is 1. The largest absolute Gasteiger partial charge is 0.324 e.